The topological polar surface area (TPSA) is 44.7 Å². The maximum absolute atomic E-state index is 10.2. The lowest BCUT2D eigenvalue weighted by Gasteiger charge is -2.33. The molecule has 1 fully saturated rings. The van der Waals surface area contributed by atoms with E-state index in [1.807, 2.05) is 6.07 Å². The van der Waals surface area contributed by atoms with Crippen LogP contribution in [0.15, 0.2) is 16.6 Å². The van der Waals surface area contributed by atoms with E-state index in [2.05, 4.69) is 33.1 Å². The smallest absolute Gasteiger partial charge is 0.134 e. The maximum atomic E-state index is 10.2. The molecule has 0 saturated carbocycles. The Hall–Kier alpha value is -0.780. The Morgan fingerprint density at radius 3 is 2.67 bits per heavy atom. The van der Waals surface area contributed by atoms with Crippen molar-refractivity contribution in [1.82, 2.24) is 10.2 Å². The van der Waals surface area contributed by atoms with E-state index in [0.717, 1.165) is 37.5 Å². The van der Waals surface area contributed by atoms with Crippen molar-refractivity contribution in [3.63, 3.8) is 0 Å². The molecule has 1 saturated heterocycles. The number of halogens is 1. The highest BCUT2D eigenvalue weighted by atomic mass is 79.9. The molecule has 0 radical (unpaired) electrons. The average Bonchev–Trinajstić information content (AvgIpc) is 2.42. The fraction of sp³-hybridized carbons (Fsp3) is 0.538. The number of piperazine rings is 1. The summed E-state index contributed by atoms with van der Waals surface area (Å²) in [5.74, 6) is 1.07. The maximum Gasteiger partial charge on any atom is 0.134 e. The van der Waals surface area contributed by atoms with Crippen LogP contribution in [-0.2, 0) is 0 Å². The number of rotatable bonds is 3. The van der Waals surface area contributed by atoms with Gasteiger partial charge in [0.05, 0.1) is 11.6 Å². The second kappa shape index (κ2) is 5.91. The van der Waals surface area contributed by atoms with Gasteiger partial charge < -0.3 is 15.2 Å². The number of phenols is 1. The lowest BCUT2D eigenvalue weighted by Crippen LogP contribution is -2.44. The fourth-order valence-electron chi connectivity index (χ4n) is 2.30. The molecule has 1 aliphatic rings. The second-order valence-corrected chi connectivity index (χ2v) is 5.36. The summed E-state index contributed by atoms with van der Waals surface area (Å²) < 4.78 is 5.94. The zero-order valence-electron chi connectivity index (χ0n) is 10.7. The molecule has 18 heavy (non-hydrogen) atoms. The Balaban J connectivity index is 2.27. The van der Waals surface area contributed by atoms with Crippen molar-refractivity contribution in [3.8, 4) is 11.5 Å². The van der Waals surface area contributed by atoms with Crippen LogP contribution < -0.4 is 10.1 Å². The minimum atomic E-state index is 0.179. The van der Waals surface area contributed by atoms with Crippen LogP contribution in [0.5, 0.6) is 11.5 Å². The number of hydrogen-bond donors (Lipinski definition) is 2. The molecule has 0 bridgehead atoms. The summed E-state index contributed by atoms with van der Waals surface area (Å²) >= 11 is 3.37. The summed E-state index contributed by atoms with van der Waals surface area (Å²) in [7, 11) is 1.64. The predicted octanol–water partition coefficient (Wildman–Crippen LogP) is 2.13. The molecular formula is C13H19BrN2O2. The number of nitrogens with zero attached hydrogens (tertiary/aromatic N) is 1. The first kappa shape index (κ1) is 13.6. The Bertz CT molecular complexity index is 420. The van der Waals surface area contributed by atoms with Gasteiger partial charge in [-0.3, -0.25) is 4.90 Å². The zero-order chi connectivity index (χ0) is 13.1. The van der Waals surface area contributed by atoms with Crippen LogP contribution >= 0.6 is 15.9 Å². The molecule has 0 amide bonds. The number of aromatic hydroxyl groups is 1. The van der Waals surface area contributed by atoms with Gasteiger partial charge in [0.15, 0.2) is 0 Å². The molecule has 1 atom stereocenters. The molecule has 1 heterocycles. The molecule has 1 aromatic carbocycles. The average molecular weight is 315 g/mol. The highest BCUT2D eigenvalue weighted by Gasteiger charge is 2.22. The standard InChI is InChI=1S/C13H19BrN2O2/c1-9(16-5-3-15-4-6-16)11-7-10(18-2)8-12(14)13(11)17/h7-9,15,17H,3-6H2,1-2H3/t9-/m1/s1. The third-order valence-electron chi connectivity index (χ3n) is 3.45. The first-order chi connectivity index (χ1) is 8.63. The first-order valence-electron chi connectivity index (χ1n) is 6.14. The summed E-state index contributed by atoms with van der Waals surface area (Å²) in [6, 6.07) is 3.87. The van der Waals surface area contributed by atoms with Crippen molar-refractivity contribution in [3.05, 3.63) is 22.2 Å². The Morgan fingerprint density at radius 1 is 1.39 bits per heavy atom. The van der Waals surface area contributed by atoms with E-state index >= 15 is 0 Å². The molecule has 2 rings (SSSR count). The molecule has 1 aliphatic heterocycles. The van der Waals surface area contributed by atoms with Crippen molar-refractivity contribution in [2.45, 2.75) is 13.0 Å². The van der Waals surface area contributed by atoms with Gasteiger partial charge in [-0.15, -0.1) is 0 Å². The van der Waals surface area contributed by atoms with Crippen molar-refractivity contribution in [2.75, 3.05) is 33.3 Å². The van der Waals surface area contributed by atoms with Crippen molar-refractivity contribution in [2.24, 2.45) is 0 Å². The Labute approximate surface area is 116 Å². The van der Waals surface area contributed by atoms with Crippen LogP contribution in [0.1, 0.15) is 18.5 Å². The highest BCUT2D eigenvalue weighted by molar-refractivity contribution is 9.10. The van der Waals surface area contributed by atoms with Gasteiger partial charge in [-0.1, -0.05) is 0 Å². The predicted molar refractivity (Wildman–Crippen MR) is 75.2 cm³/mol. The lowest BCUT2D eigenvalue weighted by molar-refractivity contribution is 0.182. The normalized spacial score (nSPS) is 18.6. The van der Waals surface area contributed by atoms with Crippen LogP contribution in [0.2, 0.25) is 0 Å². The Morgan fingerprint density at radius 2 is 2.06 bits per heavy atom. The zero-order valence-corrected chi connectivity index (χ0v) is 12.3. The fourth-order valence-corrected chi connectivity index (χ4v) is 2.75. The SMILES string of the molecule is COc1cc(Br)c(O)c([C@@H](C)N2CCNCC2)c1. The number of phenolic OH excluding ortho intramolecular Hbond substituents is 1. The van der Waals surface area contributed by atoms with E-state index in [9.17, 15) is 5.11 Å². The van der Waals surface area contributed by atoms with Gasteiger partial charge >= 0.3 is 0 Å². The quantitative estimate of drug-likeness (QED) is 0.897. The van der Waals surface area contributed by atoms with E-state index in [0.29, 0.717) is 10.2 Å². The molecule has 2 N–H and O–H groups in total. The van der Waals surface area contributed by atoms with Crippen LogP contribution in [0.25, 0.3) is 0 Å². The van der Waals surface area contributed by atoms with Crippen molar-refractivity contribution < 1.29 is 9.84 Å². The number of hydrogen-bond acceptors (Lipinski definition) is 4. The highest BCUT2D eigenvalue weighted by Crippen LogP contribution is 2.37. The van der Waals surface area contributed by atoms with E-state index in [-0.39, 0.29) is 6.04 Å². The number of ether oxygens (including phenoxy) is 1. The third-order valence-corrected chi connectivity index (χ3v) is 4.06. The lowest BCUT2D eigenvalue weighted by atomic mass is 10.0. The molecule has 0 aliphatic carbocycles. The van der Waals surface area contributed by atoms with Gasteiger partial charge in [-0.05, 0) is 35.0 Å². The number of nitrogens with one attached hydrogen (secondary N) is 1. The first-order valence-corrected chi connectivity index (χ1v) is 6.94. The Kier molecular flexibility index (Phi) is 4.48. The minimum absolute atomic E-state index is 0.179. The van der Waals surface area contributed by atoms with E-state index in [1.54, 1.807) is 13.2 Å². The van der Waals surface area contributed by atoms with Crippen molar-refractivity contribution >= 4 is 15.9 Å². The van der Waals surface area contributed by atoms with Crippen LogP contribution in [-0.4, -0.2) is 43.3 Å². The van der Waals surface area contributed by atoms with Gasteiger partial charge in [0.2, 0.25) is 0 Å². The van der Waals surface area contributed by atoms with E-state index in [4.69, 9.17) is 4.74 Å². The summed E-state index contributed by atoms with van der Waals surface area (Å²) in [5.41, 5.74) is 0.906. The molecular weight excluding hydrogens is 296 g/mol. The minimum Gasteiger partial charge on any atom is -0.506 e. The van der Waals surface area contributed by atoms with Crippen LogP contribution in [0.4, 0.5) is 0 Å². The molecule has 0 aromatic heterocycles. The van der Waals surface area contributed by atoms with Crippen LogP contribution in [0.3, 0.4) is 0 Å². The molecule has 0 unspecified atom stereocenters. The third kappa shape index (κ3) is 2.79. The molecule has 0 spiro atoms. The summed E-state index contributed by atoms with van der Waals surface area (Å²) in [5, 5.41) is 13.5. The largest absolute Gasteiger partial charge is 0.506 e. The van der Waals surface area contributed by atoms with E-state index < -0.39 is 0 Å². The van der Waals surface area contributed by atoms with Gasteiger partial charge in [0.25, 0.3) is 0 Å². The second-order valence-electron chi connectivity index (χ2n) is 4.51. The van der Waals surface area contributed by atoms with Gasteiger partial charge in [0.1, 0.15) is 11.5 Å². The van der Waals surface area contributed by atoms with Gasteiger partial charge in [-0.25, -0.2) is 0 Å². The van der Waals surface area contributed by atoms with Crippen LogP contribution in [0, 0.1) is 0 Å². The monoisotopic (exact) mass is 314 g/mol. The van der Waals surface area contributed by atoms with Gasteiger partial charge in [0, 0.05) is 37.8 Å². The number of benzene rings is 1. The summed E-state index contributed by atoms with van der Waals surface area (Å²) in [6.45, 7) is 6.10. The summed E-state index contributed by atoms with van der Waals surface area (Å²) in [6.07, 6.45) is 0. The number of methoxy groups -OCH3 is 1. The van der Waals surface area contributed by atoms with Gasteiger partial charge in [-0.2, -0.15) is 0 Å². The molecule has 1 aromatic rings. The van der Waals surface area contributed by atoms with Crippen molar-refractivity contribution in [1.29, 1.82) is 0 Å². The molecule has 5 heteroatoms. The molecule has 100 valence electrons. The van der Waals surface area contributed by atoms with E-state index in [1.165, 1.54) is 0 Å². The summed E-state index contributed by atoms with van der Waals surface area (Å²) in [4.78, 5) is 2.36. The molecule has 4 nitrogen and oxygen atoms in total.